The summed E-state index contributed by atoms with van der Waals surface area (Å²) in [5, 5.41) is 0.612. The quantitative estimate of drug-likeness (QED) is 0.359. The number of rotatable bonds is 7. The number of ketones is 1. The van der Waals surface area contributed by atoms with E-state index in [1.165, 1.54) is 24.1 Å². The molecule has 0 saturated carbocycles. The smallest absolute Gasteiger partial charge is 0.227 e. The van der Waals surface area contributed by atoms with Gasteiger partial charge in [0.1, 0.15) is 12.0 Å². The molecule has 0 aliphatic carbocycles. The molecule has 2 aromatic heterocycles. The molecule has 0 bridgehead atoms. The van der Waals surface area contributed by atoms with Gasteiger partial charge in [-0.25, -0.2) is 9.97 Å². The molecule has 2 heterocycles. The largest absolute Gasteiger partial charge is 0.478 e. The first-order valence-electron chi connectivity index (χ1n) is 7.87. The molecule has 1 aromatic carbocycles. The van der Waals surface area contributed by atoms with Crippen LogP contribution in [-0.4, -0.2) is 22.4 Å². The molecule has 26 heavy (non-hydrogen) atoms. The van der Waals surface area contributed by atoms with E-state index in [2.05, 4.69) is 9.97 Å². The first-order chi connectivity index (χ1) is 12.6. The highest BCUT2D eigenvalue weighted by atomic mass is 32.2. The van der Waals surface area contributed by atoms with Crippen molar-refractivity contribution in [2.24, 2.45) is 0 Å². The molecule has 0 aliphatic rings. The predicted molar refractivity (Wildman–Crippen MR) is 97.6 cm³/mol. The van der Waals surface area contributed by atoms with Gasteiger partial charge in [0.15, 0.2) is 17.5 Å². The third-order valence-corrected chi connectivity index (χ3v) is 4.31. The molecular formula is C19H16N2O4S. The standard InChI is InChI=1S/C19H16N2O4S/c1-13-7-8-20-19(21-13)26-12-15-9-16(22)18(11-24-15)25-10-17(23)14-5-3-2-4-6-14/h2-9,11H,10,12H2,1H3. The van der Waals surface area contributed by atoms with Gasteiger partial charge >= 0.3 is 0 Å². The van der Waals surface area contributed by atoms with Gasteiger partial charge in [-0.15, -0.1) is 0 Å². The minimum absolute atomic E-state index is 0.00911. The van der Waals surface area contributed by atoms with Crippen LogP contribution < -0.4 is 10.2 Å². The molecule has 0 amide bonds. The number of carbonyl (C=O) groups is 1. The number of thioether (sulfide) groups is 1. The zero-order valence-electron chi connectivity index (χ0n) is 14.0. The number of aryl methyl sites for hydroxylation is 1. The maximum atomic E-state index is 12.1. The first-order valence-corrected chi connectivity index (χ1v) is 8.85. The molecule has 0 spiro atoms. The van der Waals surface area contributed by atoms with Gasteiger partial charge in [-0.05, 0) is 13.0 Å². The Hall–Kier alpha value is -2.93. The second-order valence-electron chi connectivity index (χ2n) is 5.42. The minimum atomic E-state index is -0.335. The Bertz CT molecular complexity index is 957. The molecule has 0 atom stereocenters. The fourth-order valence-electron chi connectivity index (χ4n) is 2.10. The van der Waals surface area contributed by atoms with E-state index >= 15 is 0 Å². The molecule has 132 valence electrons. The van der Waals surface area contributed by atoms with E-state index in [0.29, 0.717) is 22.2 Å². The van der Waals surface area contributed by atoms with Gasteiger partial charge in [-0.1, -0.05) is 42.1 Å². The van der Waals surface area contributed by atoms with E-state index in [1.54, 1.807) is 30.5 Å². The van der Waals surface area contributed by atoms with Gasteiger partial charge in [0.05, 0.1) is 5.75 Å². The summed E-state index contributed by atoms with van der Waals surface area (Å²) in [6.07, 6.45) is 2.91. The van der Waals surface area contributed by atoms with Crippen LogP contribution in [-0.2, 0) is 5.75 Å². The van der Waals surface area contributed by atoms with Gasteiger partial charge in [0, 0.05) is 23.5 Å². The highest BCUT2D eigenvalue weighted by Crippen LogP contribution is 2.19. The van der Waals surface area contributed by atoms with Crippen molar-refractivity contribution in [3.8, 4) is 5.75 Å². The summed E-state index contributed by atoms with van der Waals surface area (Å²) in [7, 11) is 0. The number of carbonyl (C=O) groups excluding carboxylic acids is 1. The summed E-state index contributed by atoms with van der Waals surface area (Å²) >= 11 is 1.37. The van der Waals surface area contributed by atoms with E-state index in [9.17, 15) is 9.59 Å². The van der Waals surface area contributed by atoms with E-state index in [0.717, 1.165) is 5.69 Å². The molecule has 0 saturated heterocycles. The second kappa shape index (κ2) is 8.44. The van der Waals surface area contributed by atoms with E-state index in [1.807, 2.05) is 19.1 Å². The van der Waals surface area contributed by atoms with Crippen molar-refractivity contribution >= 4 is 17.5 Å². The summed E-state index contributed by atoms with van der Waals surface area (Å²) in [5.41, 5.74) is 1.07. The number of ether oxygens (including phenoxy) is 1. The van der Waals surface area contributed by atoms with Gasteiger partial charge in [0.25, 0.3) is 0 Å². The lowest BCUT2D eigenvalue weighted by atomic mass is 10.1. The van der Waals surface area contributed by atoms with E-state index in [-0.39, 0.29) is 23.6 Å². The summed E-state index contributed by atoms with van der Waals surface area (Å²) in [6.45, 7) is 1.66. The van der Waals surface area contributed by atoms with Crippen molar-refractivity contribution in [3.05, 3.63) is 82.2 Å². The Labute approximate surface area is 154 Å². The lowest BCUT2D eigenvalue weighted by molar-refractivity contribution is 0.0919. The molecule has 0 N–H and O–H groups in total. The molecule has 0 unspecified atom stereocenters. The third-order valence-electron chi connectivity index (χ3n) is 3.42. The molecule has 3 aromatic rings. The van der Waals surface area contributed by atoms with Crippen molar-refractivity contribution in [1.82, 2.24) is 9.97 Å². The lowest BCUT2D eigenvalue weighted by Crippen LogP contribution is -2.15. The molecule has 3 rings (SSSR count). The normalized spacial score (nSPS) is 10.5. The van der Waals surface area contributed by atoms with Crippen LogP contribution in [0.3, 0.4) is 0 Å². The van der Waals surface area contributed by atoms with Gasteiger partial charge in [-0.3, -0.25) is 9.59 Å². The molecule has 0 fully saturated rings. The maximum Gasteiger partial charge on any atom is 0.227 e. The Morgan fingerprint density at radius 3 is 2.77 bits per heavy atom. The highest BCUT2D eigenvalue weighted by Gasteiger charge is 2.10. The number of aromatic nitrogens is 2. The van der Waals surface area contributed by atoms with Crippen LogP contribution in [0.2, 0.25) is 0 Å². The number of nitrogens with zero attached hydrogens (tertiary/aromatic N) is 2. The maximum absolute atomic E-state index is 12.1. The summed E-state index contributed by atoms with van der Waals surface area (Å²) in [6, 6.07) is 11.9. The molecular weight excluding hydrogens is 352 g/mol. The van der Waals surface area contributed by atoms with Gasteiger partial charge < -0.3 is 9.15 Å². The van der Waals surface area contributed by atoms with Crippen LogP contribution in [0.4, 0.5) is 0 Å². The summed E-state index contributed by atoms with van der Waals surface area (Å²) in [5.74, 6) is 0.699. The number of hydrogen-bond donors (Lipinski definition) is 0. The van der Waals surface area contributed by atoms with Gasteiger partial charge in [-0.2, -0.15) is 0 Å². The average molecular weight is 368 g/mol. The fourth-order valence-corrected chi connectivity index (χ4v) is 2.87. The first kappa shape index (κ1) is 17.9. The lowest BCUT2D eigenvalue weighted by Gasteiger charge is -2.05. The van der Waals surface area contributed by atoms with Gasteiger partial charge in [0.2, 0.25) is 11.2 Å². The monoisotopic (exact) mass is 368 g/mol. The molecule has 7 heteroatoms. The molecule has 6 nitrogen and oxygen atoms in total. The van der Waals surface area contributed by atoms with Crippen molar-refractivity contribution < 1.29 is 13.9 Å². The van der Waals surface area contributed by atoms with E-state index in [4.69, 9.17) is 9.15 Å². The fraction of sp³-hybridized carbons (Fsp3) is 0.158. The van der Waals surface area contributed by atoms with Crippen LogP contribution in [0.5, 0.6) is 5.75 Å². The minimum Gasteiger partial charge on any atom is -0.478 e. The van der Waals surface area contributed by atoms with Crippen molar-refractivity contribution in [3.63, 3.8) is 0 Å². The van der Waals surface area contributed by atoms with Crippen molar-refractivity contribution in [2.45, 2.75) is 17.8 Å². The van der Waals surface area contributed by atoms with E-state index < -0.39 is 0 Å². The number of benzene rings is 1. The van der Waals surface area contributed by atoms with Crippen LogP contribution in [0, 0.1) is 6.92 Å². The Kier molecular flexibility index (Phi) is 5.80. The summed E-state index contributed by atoms with van der Waals surface area (Å²) < 4.78 is 10.7. The predicted octanol–water partition coefficient (Wildman–Crippen LogP) is 3.29. The van der Waals surface area contributed by atoms with Crippen molar-refractivity contribution in [2.75, 3.05) is 6.61 Å². The number of Topliss-reactive ketones (excluding diaryl/α,β-unsaturated/α-hetero) is 1. The average Bonchev–Trinajstić information content (AvgIpc) is 2.66. The van der Waals surface area contributed by atoms with Crippen molar-refractivity contribution in [1.29, 1.82) is 0 Å². The highest BCUT2D eigenvalue weighted by molar-refractivity contribution is 7.98. The summed E-state index contributed by atoms with van der Waals surface area (Å²) in [4.78, 5) is 32.5. The second-order valence-corrected chi connectivity index (χ2v) is 6.36. The van der Waals surface area contributed by atoms with Crippen LogP contribution in [0.1, 0.15) is 21.8 Å². The number of hydrogen-bond acceptors (Lipinski definition) is 7. The Morgan fingerprint density at radius 2 is 2.04 bits per heavy atom. The zero-order valence-corrected chi connectivity index (χ0v) is 14.9. The Balaban J connectivity index is 1.59. The zero-order chi connectivity index (χ0) is 18.4. The topological polar surface area (TPSA) is 82.3 Å². The SMILES string of the molecule is Cc1ccnc(SCc2cc(=O)c(OCC(=O)c3ccccc3)co2)n1. The third kappa shape index (κ3) is 4.80. The van der Waals surface area contributed by atoms with Crippen LogP contribution in [0.15, 0.2) is 69.3 Å². The molecule has 0 radical (unpaired) electrons. The van der Waals surface area contributed by atoms with Crippen LogP contribution in [0.25, 0.3) is 0 Å². The molecule has 0 aliphatic heterocycles. The van der Waals surface area contributed by atoms with Crippen LogP contribution >= 0.6 is 11.8 Å². The Morgan fingerprint density at radius 1 is 1.23 bits per heavy atom.